The van der Waals surface area contributed by atoms with Crippen molar-refractivity contribution in [3.8, 4) is 0 Å². The Balaban J connectivity index is 2.96. The highest BCUT2D eigenvalue weighted by molar-refractivity contribution is 7.89. The number of aromatic nitrogens is 1. The fourth-order valence-corrected chi connectivity index (χ4v) is 2.24. The van der Waals surface area contributed by atoms with Crippen molar-refractivity contribution >= 4 is 10.0 Å². The molecule has 0 aromatic carbocycles. The molecule has 0 atom stereocenters. The van der Waals surface area contributed by atoms with Gasteiger partial charge in [0.2, 0.25) is 0 Å². The first kappa shape index (κ1) is 12.1. The van der Waals surface area contributed by atoms with E-state index in [1.807, 2.05) is 0 Å². The molecule has 15 heavy (non-hydrogen) atoms. The zero-order valence-electron chi connectivity index (χ0n) is 8.77. The number of pyridine rings is 1. The zero-order chi connectivity index (χ0) is 11.5. The van der Waals surface area contributed by atoms with E-state index in [4.69, 9.17) is 5.73 Å². The van der Waals surface area contributed by atoms with E-state index in [0.29, 0.717) is 6.54 Å². The monoisotopic (exact) mass is 229 g/mol. The van der Waals surface area contributed by atoms with Crippen LogP contribution in [0.5, 0.6) is 0 Å². The van der Waals surface area contributed by atoms with Gasteiger partial charge in [0, 0.05) is 18.8 Å². The Bertz CT molecular complexity index is 411. The number of nitrogens with zero attached hydrogens (tertiary/aromatic N) is 1. The number of nitrogens with one attached hydrogen (secondary N) is 1. The van der Waals surface area contributed by atoms with E-state index >= 15 is 0 Å². The molecule has 0 amide bonds. The Morgan fingerprint density at radius 1 is 1.47 bits per heavy atom. The molecule has 0 bridgehead atoms. The molecule has 5 nitrogen and oxygen atoms in total. The van der Waals surface area contributed by atoms with E-state index in [1.165, 1.54) is 12.3 Å². The van der Waals surface area contributed by atoms with Crippen LogP contribution in [0.15, 0.2) is 23.4 Å². The third kappa shape index (κ3) is 3.26. The number of sulfonamides is 1. The van der Waals surface area contributed by atoms with Crippen LogP contribution in [0.3, 0.4) is 0 Å². The summed E-state index contributed by atoms with van der Waals surface area (Å²) in [4.78, 5) is 3.84. The molecule has 0 aliphatic heterocycles. The van der Waals surface area contributed by atoms with Crippen LogP contribution in [0, 0.1) is 0 Å². The molecule has 1 aromatic heterocycles. The van der Waals surface area contributed by atoms with Gasteiger partial charge < -0.3 is 5.73 Å². The molecule has 6 heteroatoms. The van der Waals surface area contributed by atoms with Gasteiger partial charge in [-0.15, -0.1) is 0 Å². The summed E-state index contributed by atoms with van der Waals surface area (Å²) in [6.45, 7) is 3.86. The fourth-order valence-electron chi connectivity index (χ4n) is 1.06. The Hall–Kier alpha value is -0.980. The van der Waals surface area contributed by atoms with E-state index in [1.54, 1.807) is 19.9 Å². The summed E-state index contributed by atoms with van der Waals surface area (Å²) >= 11 is 0. The lowest BCUT2D eigenvalue weighted by atomic mass is 10.3. The smallest absolute Gasteiger partial charge is 0.258 e. The van der Waals surface area contributed by atoms with Crippen LogP contribution in [0.4, 0.5) is 0 Å². The van der Waals surface area contributed by atoms with Crippen LogP contribution >= 0.6 is 0 Å². The first-order valence-electron chi connectivity index (χ1n) is 4.63. The zero-order valence-corrected chi connectivity index (χ0v) is 9.58. The molecule has 1 heterocycles. The van der Waals surface area contributed by atoms with Crippen molar-refractivity contribution in [1.82, 2.24) is 9.71 Å². The molecule has 0 spiro atoms. The van der Waals surface area contributed by atoms with Crippen LogP contribution in [0.1, 0.15) is 19.4 Å². The summed E-state index contributed by atoms with van der Waals surface area (Å²) in [6, 6.07) is 2.96. The predicted octanol–water partition coefficient (Wildman–Crippen LogP) is 0.227. The van der Waals surface area contributed by atoms with Gasteiger partial charge in [0.1, 0.15) is 0 Å². The summed E-state index contributed by atoms with van der Waals surface area (Å²) in [7, 11) is -3.49. The lowest BCUT2D eigenvalue weighted by Gasteiger charge is -2.08. The molecular weight excluding hydrogens is 214 g/mol. The second-order valence-electron chi connectivity index (χ2n) is 3.48. The van der Waals surface area contributed by atoms with Crippen LogP contribution < -0.4 is 10.5 Å². The van der Waals surface area contributed by atoms with Crippen LogP contribution in [0.2, 0.25) is 0 Å². The molecule has 84 valence electrons. The van der Waals surface area contributed by atoms with E-state index in [9.17, 15) is 8.42 Å². The van der Waals surface area contributed by atoms with Gasteiger partial charge in [-0.1, -0.05) is 6.07 Å². The highest BCUT2D eigenvalue weighted by Gasteiger charge is 2.16. The van der Waals surface area contributed by atoms with Crippen molar-refractivity contribution in [1.29, 1.82) is 0 Å². The van der Waals surface area contributed by atoms with Crippen molar-refractivity contribution in [3.05, 3.63) is 23.9 Å². The third-order valence-electron chi connectivity index (χ3n) is 1.70. The maximum Gasteiger partial charge on any atom is 0.258 e. The quantitative estimate of drug-likeness (QED) is 0.773. The van der Waals surface area contributed by atoms with Crippen molar-refractivity contribution < 1.29 is 8.42 Å². The SMILES string of the molecule is CC(C)NS(=O)(=O)c1ccc(CN)cn1. The predicted molar refractivity (Wildman–Crippen MR) is 57.6 cm³/mol. The molecule has 3 N–H and O–H groups in total. The molecule has 0 aliphatic carbocycles. The van der Waals surface area contributed by atoms with Crippen molar-refractivity contribution in [2.45, 2.75) is 31.5 Å². The van der Waals surface area contributed by atoms with Gasteiger partial charge in [0.25, 0.3) is 10.0 Å². The number of hydrogen-bond acceptors (Lipinski definition) is 4. The summed E-state index contributed by atoms with van der Waals surface area (Å²) in [5, 5.41) is 0.0217. The van der Waals surface area contributed by atoms with Gasteiger partial charge in [-0.3, -0.25) is 0 Å². The number of nitrogens with two attached hydrogens (primary N) is 1. The Kier molecular flexibility index (Phi) is 3.78. The highest BCUT2D eigenvalue weighted by atomic mass is 32.2. The van der Waals surface area contributed by atoms with Crippen LogP contribution in [-0.4, -0.2) is 19.4 Å². The number of rotatable bonds is 4. The second kappa shape index (κ2) is 4.69. The lowest BCUT2D eigenvalue weighted by Crippen LogP contribution is -2.30. The molecule has 1 aromatic rings. The summed E-state index contributed by atoms with van der Waals surface area (Å²) in [5.41, 5.74) is 6.19. The molecule has 0 radical (unpaired) electrons. The van der Waals surface area contributed by atoms with Crippen molar-refractivity contribution in [3.63, 3.8) is 0 Å². The molecule has 0 saturated heterocycles. The van der Waals surface area contributed by atoms with E-state index in [2.05, 4.69) is 9.71 Å². The normalized spacial score (nSPS) is 12.0. The van der Waals surface area contributed by atoms with Gasteiger partial charge >= 0.3 is 0 Å². The lowest BCUT2D eigenvalue weighted by molar-refractivity contribution is 0.566. The average molecular weight is 229 g/mol. The van der Waals surface area contributed by atoms with Gasteiger partial charge in [0.05, 0.1) is 0 Å². The molecule has 0 saturated carbocycles. The molecule has 0 fully saturated rings. The van der Waals surface area contributed by atoms with E-state index < -0.39 is 10.0 Å². The van der Waals surface area contributed by atoms with Crippen LogP contribution in [0.25, 0.3) is 0 Å². The molecule has 0 aliphatic rings. The number of hydrogen-bond donors (Lipinski definition) is 2. The van der Waals surface area contributed by atoms with Gasteiger partial charge in [0.15, 0.2) is 5.03 Å². The summed E-state index contributed by atoms with van der Waals surface area (Å²) < 4.78 is 25.7. The molecule has 0 unspecified atom stereocenters. The Morgan fingerprint density at radius 3 is 2.53 bits per heavy atom. The minimum absolute atomic E-state index is 0.0217. The summed E-state index contributed by atoms with van der Waals surface area (Å²) in [5.74, 6) is 0. The fraction of sp³-hybridized carbons (Fsp3) is 0.444. The Morgan fingerprint density at radius 2 is 2.13 bits per heavy atom. The first-order chi connectivity index (χ1) is 6.95. The van der Waals surface area contributed by atoms with Gasteiger partial charge in [-0.25, -0.2) is 18.1 Å². The highest BCUT2D eigenvalue weighted by Crippen LogP contribution is 2.06. The maximum absolute atomic E-state index is 11.6. The molecular formula is C9H15N3O2S. The van der Waals surface area contributed by atoms with Crippen molar-refractivity contribution in [2.24, 2.45) is 5.73 Å². The van der Waals surface area contributed by atoms with Crippen LogP contribution in [-0.2, 0) is 16.6 Å². The van der Waals surface area contributed by atoms with Gasteiger partial charge in [-0.05, 0) is 25.5 Å². The Labute approximate surface area is 89.8 Å². The van der Waals surface area contributed by atoms with Crippen molar-refractivity contribution in [2.75, 3.05) is 0 Å². The second-order valence-corrected chi connectivity index (χ2v) is 5.15. The third-order valence-corrected chi connectivity index (χ3v) is 3.27. The standard InChI is InChI=1S/C9H15N3O2S/c1-7(2)12-15(13,14)9-4-3-8(5-10)6-11-9/h3-4,6-7,12H,5,10H2,1-2H3. The van der Waals surface area contributed by atoms with E-state index in [0.717, 1.165) is 5.56 Å². The largest absolute Gasteiger partial charge is 0.326 e. The topological polar surface area (TPSA) is 85.1 Å². The summed E-state index contributed by atoms with van der Waals surface area (Å²) in [6.07, 6.45) is 1.47. The van der Waals surface area contributed by atoms with Gasteiger partial charge in [-0.2, -0.15) is 0 Å². The average Bonchev–Trinajstić information content (AvgIpc) is 2.16. The maximum atomic E-state index is 11.6. The molecule has 1 rings (SSSR count). The first-order valence-corrected chi connectivity index (χ1v) is 6.11. The van der Waals surface area contributed by atoms with E-state index in [-0.39, 0.29) is 11.1 Å². The minimum atomic E-state index is -3.49. The minimum Gasteiger partial charge on any atom is -0.326 e.